The monoisotopic (exact) mass is 168 g/mol. The zero-order valence-electron chi connectivity index (χ0n) is 8.05. The Labute approximate surface area is 75.6 Å². The Morgan fingerprint density at radius 2 is 1.92 bits per heavy atom. The van der Waals surface area contributed by atoms with E-state index < -0.39 is 0 Å². The first-order valence-corrected chi connectivity index (χ1v) is 4.95. The topological polar surface area (TPSA) is 15.3 Å². The van der Waals surface area contributed by atoms with Gasteiger partial charge in [-0.3, -0.25) is 4.90 Å². The standard InChI is InChI=1S/C10H20N2/c1-11-7-3-6-10-12-8-4-2-5-9-12/h3,6,11H,2,4-5,7-10H2,1H3/b6-3+. The molecule has 0 saturated carbocycles. The van der Waals surface area contributed by atoms with Gasteiger partial charge < -0.3 is 5.32 Å². The summed E-state index contributed by atoms with van der Waals surface area (Å²) >= 11 is 0. The number of piperidine rings is 1. The van der Waals surface area contributed by atoms with Crippen LogP contribution in [0.25, 0.3) is 0 Å². The van der Waals surface area contributed by atoms with Crippen LogP contribution in [0.1, 0.15) is 19.3 Å². The maximum atomic E-state index is 3.10. The number of hydrogen-bond acceptors (Lipinski definition) is 2. The molecule has 1 rings (SSSR count). The van der Waals surface area contributed by atoms with E-state index in [9.17, 15) is 0 Å². The first kappa shape index (κ1) is 9.75. The molecule has 70 valence electrons. The van der Waals surface area contributed by atoms with Crippen molar-refractivity contribution in [3.05, 3.63) is 12.2 Å². The molecule has 1 fully saturated rings. The van der Waals surface area contributed by atoms with Crippen molar-refractivity contribution in [3.8, 4) is 0 Å². The van der Waals surface area contributed by atoms with Gasteiger partial charge in [0, 0.05) is 13.1 Å². The molecule has 0 aliphatic carbocycles. The first-order chi connectivity index (χ1) is 5.93. The molecular weight excluding hydrogens is 148 g/mol. The van der Waals surface area contributed by atoms with Gasteiger partial charge in [0.2, 0.25) is 0 Å². The van der Waals surface area contributed by atoms with E-state index in [-0.39, 0.29) is 0 Å². The summed E-state index contributed by atoms with van der Waals surface area (Å²) in [4.78, 5) is 2.52. The molecule has 0 unspecified atom stereocenters. The molecule has 1 heterocycles. The van der Waals surface area contributed by atoms with Crippen molar-refractivity contribution >= 4 is 0 Å². The van der Waals surface area contributed by atoms with E-state index in [1.807, 2.05) is 7.05 Å². The molecule has 0 amide bonds. The predicted octanol–water partition coefficient (Wildman–Crippen LogP) is 1.25. The Balaban J connectivity index is 2.04. The molecule has 0 bridgehead atoms. The lowest BCUT2D eigenvalue weighted by Gasteiger charge is -2.24. The molecular formula is C10H20N2. The highest BCUT2D eigenvalue weighted by molar-refractivity contribution is 4.86. The van der Waals surface area contributed by atoms with Gasteiger partial charge in [0.15, 0.2) is 0 Å². The highest BCUT2D eigenvalue weighted by atomic mass is 15.1. The molecule has 0 aromatic heterocycles. The molecule has 0 spiro atoms. The van der Waals surface area contributed by atoms with Crippen LogP contribution in [0.3, 0.4) is 0 Å². The summed E-state index contributed by atoms with van der Waals surface area (Å²) in [6, 6.07) is 0. The van der Waals surface area contributed by atoms with Gasteiger partial charge in [-0.05, 0) is 33.0 Å². The van der Waals surface area contributed by atoms with Gasteiger partial charge >= 0.3 is 0 Å². The summed E-state index contributed by atoms with van der Waals surface area (Å²) in [6.45, 7) is 4.73. The van der Waals surface area contributed by atoms with Crippen LogP contribution < -0.4 is 5.32 Å². The third kappa shape index (κ3) is 3.88. The third-order valence-corrected chi connectivity index (χ3v) is 2.30. The summed E-state index contributed by atoms with van der Waals surface area (Å²) in [5.74, 6) is 0. The van der Waals surface area contributed by atoms with Crippen LogP contribution in [-0.4, -0.2) is 38.1 Å². The largest absolute Gasteiger partial charge is 0.316 e. The zero-order chi connectivity index (χ0) is 8.65. The van der Waals surface area contributed by atoms with Crippen LogP contribution in [0.2, 0.25) is 0 Å². The Bertz CT molecular complexity index is 126. The minimum atomic E-state index is 0.994. The van der Waals surface area contributed by atoms with E-state index in [0.717, 1.165) is 13.1 Å². The van der Waals surface area contributed by atoms with Gasteiger partial charge in [-0.25, -0.2) is 0 Å². The lowest BCUT2D eigenvalue weighted by molar-refractivity contribution is 0.251. The molecule has 0 atom stereocenters. The number of likely N-dealkylation sites (tertiary alicyclic amines) is 1. The fourth-order valence-electron chi connectivity index (χ4n) is 1.57. The van der Waals surface area contributed by atoms with E-state index in [1.54, 1.807) is 0 Å². The fraction of sp³-hybridized carbons (Fsp3) is 0.800. The number of hydrogen-bond donors (Lipinski definition) is 1. The Kier molecular flexibility index (Phi) is 5.04. The Hall–Kier alpha value is -0.340. The van der Waals surface area contributed by atoms with Crippen molar-refractivity contribution in [2.75, 3.05) is 33.2 Å². The van der Waals surface area contributed by atoms with Crippen molar-refractivity contribution in [2.45, 2.75) is 19.3 Å². The van der Waals surface area contributed by atoms with Crippen molar-refractivity contribution in [1.29, 1.82) is 0 Å². The average Bonchev–Trinajstić information content (AvgIpc) is 2.14. The van der Waals surface area contributed by atoms with Gasteiger partial charge in [0.25, 0.3) is 0 Å². The normalized spacial score (nSPS) is 20.4. The molecule has 1 aliphatic rings. The molecule has 0 aromatic rings. The van der Waals surface area contributed by atoms with E-state index in [4.69, 9.17) is 0 Å². The van der Waals surface area contributed by atoms with Crippen molar-refractivity contribution in [2.24, 2.45) is 0 Å². The van der Waals surface area contributed by atoms with E-state index in [0.29, 0.717) is 0 Å². The molecule has 12 heavy (non-hydrogen) atoms. The fourth-order valence-corrected chi connectivity index (χ4v) is 1.57. The molecule has 1 saturated heterocycles. The lowest BCUT2D eigenvalue weighted by Crippen LogP contribution is -2.29. The Morgan fingerprint density at radius 1 is 1.17 bits per heavy atom. The molecule has 2 nitrogen and oxygen atoms in total. The third-order valence-electron chi connectivity index (χ3n) is 2.30. The van der Waals surface area contributed by atoms with E-state index in [2.05, 4.69) is 22.4 Å². The quantitative estimate of drug-likeness (QED) is 0.636. The van der Waals surface area contributed by atoms with Crippen molar-refractivity contribution in [3.63, 3.8) is 0 Å². The maximum Gasteiger partial charge on any atom is 0.0163 e. The zero-order valence-corrected chi connectivity index (χ0v) is 8.05. The van der Waals surface area contributed by atoms with Gasteiger partial charge in [-0.2, -0.15) is 0 Å². The van der Waals surface area contributed by atoms with Crippen LogP contribution in [-0.2, 0) is 0 Å². The van der Waals surface area contributed by atoms with Crippen LogP contribution in [0.4, 0.5) is 0 Å². The van der Waals surface area contributed by atoms with Crippen LogP contribution in [0, 0.1) is 0 Å². The lowest BCUT2D eigenvalue weighted by atomic mass is 10.1. The second kappa shape index (κ2) is 6.21. The van der Waals surface area contributed by atoms with Crippen molar-refractivity contribution in [1.82, 2.24) is 10.2 Å². The summed E-state index contributed by atoms with van der Waals surface area (Å²) in [7, 11) is 1.98. The first-order valence-electron chi connectivity index (χ1n) is 4.95. The van der Waals surface area contributed by atoms with Gasteiger partial charge in [-0.15, -0.1) is 0 Å². The summed E-state index contributed by atoms with van der Waals surface area (Å²) in [6.07, 6.45) is 8.67. The molecule has 0 aromatic carbocycles. The van der Waals surface area contributed by atoms with E-state index in [1.165, 1.54) is 32.4 Å². The number of likely N-dealkylation sites (N-methyl/N-ethyl adjacent to an activating group) is 1. The minimum absolute atomic E-state index is 0.994. The molecule has 0 radical (unpaired) electrons. The smallest absolute Gasteiger partial charge is 0.0163 e. The second-order valence-electron chi connectivity index (χ2n) is 3.39. The summed E-state index contributed by atoms with van der Waals surface area (Å²) < 4.78 is 0. The van der Waals surface area contributed by atoms with Gasteiger partial charge in [0.05, 0.1) is 0 Å². The van der Waals surface area contributed by atoms with E-state index >= 15 is 0 Å². The van der Waals surface area contributed by atoms with Crippen LogP contribution in [0.15, 0.2) is 12.2 Å². The van der Waals surface area contributed by atoms with Gasteiger partial charge in [0.1, 0.15) is 0 Å². The number of nitrogens with one attached hydrogen (secondary N) is 1. The number of nitrogens with zero attached hydrogens (tertiary/aromatic N) is 1. The van der Waals surface area contributed by atoms with Crippen LogP contribution in [0.5, 0.6) is 0 Å². The highest BCUT2D eigenvalue weighted by Crippen LogP contribution is 2.07. The SMILES string of the molecule is CNC/C=C/CN1CCCCC1. The van der Waals surface area contributed by atoms with Crippen LogP contribution >= 0.6 is 0 Å². The predicted molar refractivity (Wildman–Crippen MR) is 53.4 cm³/mol. The number of rotatable bonds is 4. The summed E-state index contributed by atoms with van der Waals surface area (Å²) in [5.41, 5.74) is 0. The van der Waals surface area contributed by atoms with Gasteiger partial charge in [-0.1, -0.05) is 18.6 Å². The summed E-state index contributed by atoms with van der Waals surface area (Å²) in [5, 5.41) is 3.10. The Morgan fingerprint density at radius 3 is 2.58 bits per heavy atom. The molecule has 1 aliphatic heterocycles. The van der Waals surface area contributed by atoms with Crippen molar-refractivity contribution < 1.29 is 0 Å². The maximum absolute atomic E-state index is 3.10. The minimum Gasteiger partial charge on any atom is -0.316 e. The second-order valence-corrected chi connectivity index (χ2v) is 3.39. The molecule has 1 N–H and O–H groups in total. The average molecular weight is 168 g/mol. The molecule has 2 heteroatoms. The highest BCUT2D eigenvalue weighted by Gasteiger charge is 2.06.